The monoisotopic (exact) mass is 467 g/mol. The molecule has 0 heterocycles. The van der Waals surface area contributed by atoms with E-state index in [9.17, 15) is 9.59 Å². The number of carbonyl (C=O) groups excluding carboxylic acids is 2. The van der Waals surface area contributed by atoms with Gasteiger partial charge in [-0.3, -0.25) is 9.59 Å². The molecule has 4 saturated carbocycles. The summed E-state index contributed by atoms with van der Waals surface area (Å²) in [5, 5.41) is 2.83. The number of halogens is 1. The van der Waals surface area contributed by atoms with Crippen molar-refractivity contribution in [3.63, 3.8) is 0 Å². The van der Waals surface area contributed by atoms with Crippen molar-refractivity contribution in [2.45, 2.75) is 51.9 Å². The van der Waals surface area contributed by atoms with E-state index in [1.54, 1.807) is 0 Å². The maximum Gasteiger partial charge on any atom is 0.306 e. The summed E-state index contributed by atoms with van der Waals surface area (Å²) in [5.41, 5.74) is 1.94. The van der Waals surface area contributed by atoms with Crippen LogP contribution < -0.4 is 5.32 Å². The van der Waals surface area contributed by atoms with E-state index in [1.165, 1.54) is 38.5 Å². The normalized spacial score (nSPS) is 31.7. The van der Waals surface area contributed by atoms with E-state index < -0.39 is 0 Å². The Hall–Kier alpha value is -1.11. The van der Waals surface area contributed by atoms with E-state index in [2.05, 4.69) is 27.9 Å². The topological polar surface area (TPSA) is 55.4 Å². The van der Waals surface area contributed by atoms with E-state index >= 15 is 0 Å². The van der Waals surface area contributed by atoms with Gasteiger partial charge in [0.05, 0.1) is 6.42 Å². The molecule has 0 saturated heterocycles. The molecule has 5 rings (SSSR count). The van der Waals surface area contributed by atoms with Crippen LogP contribution in [0.2, 0.25) is 0 Å². The van der Waals surface area contributed by atoms with Crippen LogP contribution in [0, 0.1) is 33.7 Å². The number of rotatable bonds is 5. The number of esters is 1. The number of nitrogens with one attached hydrogen (secondary N) is 1. The van der Waals surface area contributed by atoms with Crippen molar-refractivity contribution in [3.05, 3.63) is 27.3 Å². The molecule has 0 aliphatic heterocycles. The molecular formula is C21H26INO3. The molecule has 4 fully saturated rings. The maximum atomic E-state index is 12.4. The molecule has 1 N–H and O–H groups in total. The van der Waals surface area contributed by atoms with Crippen LogP contribution in [0.15, 0.2) is 18.2 Å². The van der Waals surface area contributed by atoms with E-state index in [0.717, 1.165) is 32.6 Å². The molecule has 5 heteroatoms. The van der Waals surface area contributed by atoms with E-state index in [-0.39, 0.29) is 23.9 Å². The maximum absolute atomic E-state index is 12.4. The number of ether oxygens (including phenoxy) is 1. The fourth-order valence-electron chi connectivity index (χ4n) is 5.96. The smallest absolute Gasteiger partial charge is 0.306 e. The van der Waals surface area contributed by atoms with Crippen LogP contribution in [0.25, 0.3) is 0 Å². The second-order valence-corrected chi connectivity index (χ2v) is 10.0. The van der Waals surface area contributed by atoms with Crippen LogP contribution in [-0.4, -0.2) is 18.5 Å². The quantitative estimate of drug-likeness (QED) is 0.505. The number of carbonyl (C=O) groups is 2. The zero-order chi connectivity index (χ0) is 18.3. The Kier molecular flexibility index (Phi) is 5.01. The third-order valence-corrected chi connectivity index (χ3v) is 7.18. The summed E-state index contributed by atoms with van der Waals surface area (Å²) in [6.45, 7) is 1.76. The second kappa shape index (κ2) is 7.13. The summed E-state index contributed by atoms with van der Waals surface area (Å²) in [6, 6.07) is 5.84. The van der Waals surface area contributed by atoms with Crippen molar-refractivity contribution < 1.29 is 14.3 Å². The SMILES string of the molecule is Cc1cc(I)ccc1NC(=O)COC(=O)CC12CC3CC(CC(C3)C1)C2. The van der Waals surface area contributed by atoms with E-state index in [0.29, 0.717) is 6.42 Å². The first-order valence-corrected chi connectivity index (χ1v) is 10.7. The molecule has 0 spiro atoms. The first kappa shape index (κ1) is 18.3. The molecule has 4 aliphatic rings. The Morgan fingerprint density at radius 1 is 1.15 bits per heavy atom. The van der Waals surface area contributed by atoms with Gasteiger partial charge in [-0.2, -0.15) is 0 Å². The first-order chi connectivity index (χ1) is 12.4. The summed E-state index contributed by atoms with van der Waals surface area (Å²) in [7, 11) is 0. The van der Waals surface area contributed by atoms with Gasteiger partial charge in [-0.25, -0.2) is 0 Å². The Morgan fingerprint density at radius 2 is 1.77 bits per heavy atom. The van der Waals surface area contributed by atoms with E-state index in [1.807, 2.05) is 25.1 Å². The van der Waals surface area contributed by atoms with Gasteiger partial charge in [0.2, 0.25) is 0 Å². The molecule has 0 aromatic heterocycles. The molecule has 0 unspecified atom stereocenters. The minimum atomic E-state index is -0.270. The standard InChI is InChI=1S/C21H26INO3/c1-13-4-17(22)2-3-18(13)23-19(24)12-26-20(25)11-21-8-14-5-15(9-21)7-16(6-14)10-21/h2-4,14-16H,5-12H2,1H3,(H,23,24). The minimum absolute atomic E-state index is 0.162. The van der Waals surface area contributed by atoms with Gasteiger partial charge in [-0.15, -0.1) is 0 Å². The largest absolute Gasteiger partial charge is 0.456 e. The molecule has 0 radical (unpaired) electrons. The van der Waals surface area contributed by atoms with Crippen molar-refractivity contribution in [1.29, 1.82) is 0 Å². The highest BCUT2D eigenvalue weighted by Crippen LogP contribution is 2.61. The van der Waals surface area contributed by atoms with Gasteiger partial charge in [0.25, 0.3) is 5.91 Å². The molecule has 1 aromatic rings. The minimum Gasteiger partial charge on any atom is -0.456 e. The Labute approximate surface area is 168 Å². The highest BCUT2D eigenvalue weighted by atomic mass is 127. The van der Waals surface area contributed by atoms with Crippen LogP contribution >= 0.6 is 22.6 Å². The number of hydrogen-bond donors (Lipinski definition) is 1. The molecule has 4 nitrogen and oxygen atoms in total. The molecule has 140 valence electrons. The average molecular weight is 467 g/mol. The third-order valence-electron chi connectivity index (χ3n) is 6.51. The van der Waals surface area contributed by atoms with Crippen molar-refractivity contribution in [2.75, 3.05) is 11.9 Å². The van der Waals surface area contributed by atoms with Gasteiger partial charge in [0, 0.05) is 9.26 Å². The highest BCUT2D eigenvalue weighted by Gasteiger charge is 2.51. The highest BCUT2D eigenvalue weighted by molar-refractivity contribution is 14.1. The zero-order valence-electron chi connectivity index (χ0n) is 15.2. The van der Waals surface area contributed by atoms with Crippen molar-refractivity contribution in [3.8, 4) is 0 Å². The Bertz CT molecular complexity index is 695. The molecule has 26 heavy (non-hydrogen) atoms. The van der Waals surface area contributed by atoms with Crippen molar-refractivity contribution in [1.82, 2.24) is 0 Å². The van der Waals surface area contributed by atoms with Gasteiger partial charge < -0.3 is 10.1 Å². The van der Waals surface area contributed by atoms with Gasteiger partial charge in [-0.1, -0.05) is 0 Å². The average Bonchev–Trinajstić information content (AvgIpc) is 2.54. The lowest BCUT2D eigenvalue weighted by molar-refractivity contribution is -0.154. The lowest BCUT2D eigenvalue weighted by atomic mass is 9.49. The molecular weight excluding hydrogens is 441 g/mol. The Morgan fingerprint density at radius 3 is 2.35 bits per heavy atom. The van der Waals surface area contributed by atoms with Crippen molar-refractivity contribution >= 4 is 40.2 Å². The lowest BCUT2D eigenvalue weighted by Crippen LogP contribution is -2.47. The molecule has 4 bridgehead atoms. The van der Waals surface area contributed by atoms with E-state index in [4.69, 9.17) is 4.74 Å². The van der Waals surface area contributed by atoms with Crippen LogP contribution in [0.1, 0.15) is 50.5 Å². The summed E-state index contributed by atoms with van der Waals surface area (Å²) in [5.74, 6) is 1.98. The summed E-state index contributed by atoms with van der Waals surface area (Å²) in [4.78, 5) is 24.5. The number of hydrogen-bond acceptors (Lipinski definition) is 3. The lowest BCUT2D eigenvalue weighted by Gasteiger charge is -2.56. The summed E-state index contributed by atoms with van der Waals surface area (Å²) in [6.07, 6.45) is 8.14. The van der Waals surface area contributed by atoms with Gasteiger partial charge in [-0.05, 0) is 115 Å². The predicted molar refractivity (Wildman–Crippen MR) is 109 cm³/mol. The van der Waals surface area contributed by atoms with Gasteiger partial charge in [0.15, 0.2) is 6.61 Å². The fraction of sp³-hybridized carbons (Fsp3) is 0.619. The number of anilines is 1. The molecule has 4 aliphatic carbocycles. The van der Waals surface area contributed by atoms with Gasteiger partial charge in [0.1, 0.15) is 0 Å². The zero-order valence-corrected chi connectivity index (χ0v) is 17.4. The first-order valence-electron chi connectivity index (χ1n) is 9.62. The van der Waals surface area contributed by atoms with Crippen LogP contribution in [0.4, 0.5) is 5.69 Å². The molecule has 0 atom stereocenters. The van der Waals surface area contributed by atoms with Crippen LogP contribution in [0.3, 0.4) is 0 Å². The third kappa shape index (κ3) is 3.92. The Balaban J connectivity index is 1.28. The summed E-state index contributed by atoms with van der Waals surface area (Å²) < 4.78 is 6.45. The summed E-state index contributed by atoms with van der Waals surface area (Å²) >= 11 is 2.24. The molecule has 1 aromatic carbocycles. The fourth-order valence-corrected chi connectivity index (χ4v) is 6.61. The van der Waals surface area contributed by atoms with Crippen LogP contribution in [-0.2, 0) is 14.3 Å². The predicted octanol–water partition coefficient (Wildman–Crippen LogP) is 4.69. The van der Waals surface area contributed by atoms with Crippen LogP contribution in [0.5, 0.6) is 0 Å². The number of amides is 1. The number of benzene rings is 1. The van der Waals surface area contributed by atoms with Gasteiger partial charge >= 0.3 is 5.97 Å². The number of aryl methyl sites for hydroxylation is 1. The second-order valence-electron chi connectivity index (χ2n) is 8.76. The van der Waals surface area contributed by atoms with Crippen molar-refractivity contribution in [2.24, 2.45) is 23.2 Å². The molecule has 1 amide bonds.